The van der Waals surface area contributed by atoms with Crippen LogP contribution in [0.25, 0.3) is 0 Å². The summed E-state index contributed by atoms with van der Waals surface area (Å²) in [5.74, 6) is 0.879. The smallest absolute Gasteiger partial charge is 0.155 e. The Bertz CT molecular complexity index is 568. The Kier molecular flexibility index (Phi) is 4.63. The van der Waals surface area contributed by atoms with E-state index in [0.717, 1.165) is 35.6 Å². The number of hydrogen-bond acceptors (Lipinski definition) is 5. The van der Waals surface area contributed by atoms with Gasteiger partial charge in [-0.1, -0.05) is 0 Å². The van der Waals surface area contributed by atoms with Crippen LogP contribution < -0.4 is 10.6 Å². The molecular weight excluding hydrogens is 250 g/mol. The summed E-state index contributed by atoms with van der Waals surface area (Å²) in [7, 11) is 2.03. The molecule has 2 rings (SSSR count). The fourth-order valence-electron chi connectivity index (χ4n) is 2.15. The highest BCUT2D eigenvalue weighted by Gasteiger charge is 2.13. The molecule has 0 aromatic carbocycles. The molecule has 5 nitrogen and oxygen atoms in total. The standard InChI is InChI=1S/C15H21N5/c1-11-12(2)18-19-15(14(11)10-16)20(3)9-6-13-4-7-17-8-5-13/h4-5,7-8H,6,9-10,16H2,1-3H3. The monoisotopic (exact) mass is 271 g/mol. The number of anilines is 1. The lowest BCUT2D eigenvalue weighted by Gasteiger charge is -2.21. The molecule has 0 radical (unpaired) electrons. The molecule has 0 aliphatic heterocycles. The Morgan fingerprint density at radius 2 is 1.85 bits per heavy atom. The van der Waals surface area contributed by atoms with Gasteiger partial charge in [0, 0.05) is 38.1 Å². The van der Waals surface area contributed by atoms with Gasteiger partial charge in [0.25, 0.3) is 0 Å². The summed E-state index contributed by atoms with van der Waals surface area (Å²) in [6.45, 7) is 5.36. The van der Waals surface area contributed by atoms with Crippen LogP contribution in [0.3, 0.4) is 0 Å². The van der Waals surface area contributed by atoms with Gasteiger partial charge in [0.2, 0.25) is 0 Å². The van der Waals surface area contributed by atoms with Crippen LogP contribution in [-0.2, 0) is 13.0 Å². The highest BCUT2D eigenvalue weighted by Crippen LogP contribution is 2.20. The Morgan fingerprint density at radius 1 is 1.15 bits per heavy atom. The van der Waals surface area contributed by atoms with Crippen molar-refractivity contribution >= 4 is 5.82 Å². The van der Waals surface area contributed by atoms with Crippen LogP contribution in [0.1, 0.15) is 22.4 Å². The Hall–Kier alpha value is -2.01. The molecule has 0 aliphatic rings. The molecule has 0 spiro atoms. The molecule has 0 amide bonds. The summed E-state index contributed by atoms with van der Waals surface area (Å²) < 4.78 is 0. The van der Waals surface area contributed by atoms with E-state index in [0.29, 0.717) is 6.54 Å². The minimum atomic E-state index is 0.483. The van der Waals surface area contributed by atoms with Crippen molar-refractivity contribution in [2.75, 3.05) is 18.5 Å². The van der Waals surface area contributed by atoms with E-state index in [2.05, 4.69) is 20.1 Å². The third-order valence-corrected chi connectivity index (χ3v) is 3.61. The molecule has 0 saturated carbocycles. The number of pyridine rings is 1. The first-order valence-corrected chi connectivity index (χ1v) is 6.76. The lowest BCUT2D eigenvalue weighted by atomic mass is 10.1. The summed E-state index contributed by atoms with van der Waals surface area (Å²) in [6.07, 6.45) is 4.57. The van der Waals surface area contributed by atoms with Gasteiger partial charge in [0.1, 0.15) is 0 Å². The summed E-state index contributed by atoms with van der Waals surface area (Å²) >= 11 is 0. The molecule has 0 bridgehead atoms. The van der Waals surface area contributed by atoms with Gasteiger partial charge in [-0.25, -0.2) is 0 Å². The Balaban J connectivity index is 2.13. The van der Waals surface area contributed by atoms with Gasteiger partial charge in [-0.3, -0.25) is 4.98 Å². The van der Waals surface area contributed by atoms with Crippen molar-refractivity contribution in [1.29, 1.82) is 0 Å². The fraction of sp³-hybridized carbons (Fsp3) is 0.400. The van der Waals surface area contributed by atoms with Crippen LogP contribution in [0.2, 0.25) is 0 Å². The molecule has 0 aliphatic carbocycles. The van der Waals surface area contributed by atoms with Crippen molar-refractivity contribution in [3.05, 3.63) is 46.9 Å². The van der Waals surface area contributed by atoms with Gasteiger partial charge in [0.05, 0.1) is 5.69 Å². The summed E-state index contributed by atoms with van der Waals surface area (Å²) in [4.78, 5) is 6.14. The highest BCUT2D eigenvalue weighted by molar-refractivity contribution is 5.50. The fourth-order valence-corrected chi connectivity index (χ4v) is 2.15. The maximum Gasteiger partial charge on any atom is 0.155 e. The molecule has 5 heteroatoms. The molecule has 20 heavy (non-hydrogen) atoms. The van der Waals surface area contributed by atoms with Gasteiger partial charge in [-0.2, -0.15) is 5.10 Å². The van der Waals surface area contributed by atoms with Crippen LogP contribution in [0.4, 0.5) is 5.82 Å². The van der Waals surface area contributed by atoms with Crippen molar-refractivity contribution in [3.63, 3.8) is 0 Å². The number of hydrogen-bond donors (Lipinski definition) is 1. The molecule has 2 aromatic heterocycles. The number of nitrogens with two attached hydrogens (primary N) is 1. The second kappa shape index (κ2) is 6.43. The summed E-state index contributed by atoms with van der Waals surface area (Å²) in [5.41, 5.74) is 10.3. The highest BCUT2D eigenvalue weighted by atomic mass is 15.2. The maximum atomic E-state index is 5.86. The van der Waals surface area contributed by atoms with Gasteiger partial charge >= 0.3 is 0 Å². The average Bonchev–Trinajstić information content (AvgIpc) is 2.48. The van der Waals surface area contributed by atoms with Gasteiger partial charge < -0.3 is 10.6 Å². The first kappa shape index (κ1) is 14.4. The first-order chi connectivity index (χ1) is 9.63. The third-order valence-electron chi connectivity index (χ3n) is 3.61. The van der Waals surface area contributed by atoms with E-state index in [1.54, 1.807) is 0 Å². The predicted octanol–water partition coefficient (Wildman–Crippen LogP) is 1.63. The van der Waals surface area contributed by atoms with Gasteiger partial charge in [-0.15, -0.1) is 5.10 Å². The molecule has 0 atom stereocenters. The topological polar surface area (TPSA) is 67.9 Å². The maximum absolute atomic E-state index is 5.86. The minimum absolute atomic E-state index is 0.483. The van der Waals surface area contributed by atoms with E-state index in [9.17, 15) is 0 Å². The van der Waals surface area contributed by atoms with Crippen molar-refractivity contribution in [1.82, 2.24) is 15.2 Å². The number of nitrogens with zero attached hydrogens (tertiary/aromatic N) is 4. The molecule has 2 heterocycles. The van der Waals surface area contributed by atoms with E-state index < -0.39 is 0 Å². The van der Waals surface area contributed by atoms with Crippen LogP contribution >= 0.6 is 0 Å². The molecule has 106 valence electrons. The minimum Gasteiger partial charge on any atom is -0.358 e. The van der Waals surface area contributed by atoms with E-state index in [4.69, 9.17) is 5.73 Å². The quantitative estimate of drug-likeness (QED) is 0.895. The number of aryl methyl sites for hydroxylation is 1. The van der Waals surface area contributed by atoms with Crippen molar-refractivity contribution in [2.24, 2.45) is 5.73 Å². The number of likely N-dealkylation sites (N-methyl/N-ethyl adjacent to an activating group) is 1. The second-order valence-electron chi connectivity index (χ2n) is 4.94. The third kappa shape index (κ3) is 3.11. The van der Waals surface area contributed by atoms with Crippen molar-refractivity contribution < 1.29 is 0 Å². The molecule has 2 N–H and O–H groups in total. The van der Waals surface area contributed by atoms with Crippen LogP contribution in [0.5, 0.6) is 0 Å². The van der Waals surface area contributed by atoms with Crippen LogP contribution in [-0.4, -0.2) is 28.8 Å². The van der Waals surface area contributed by atoms with Crippen molar-refractivity contribution in [2.45, 2.75) is 26.8 Å². The Morgan fingerprint density at radius 3 is 2.50 bits per heavy atom. The molecular formula is C15H21N5. The molecule has 2 aromatic rings. The first-order valence-electron chi connectivity index (χ1n) is 6.76. The largest absolute Gasteiger partial charge is 0.358 e. The SMILES string of the molecule is Cc1nnc(N(C)CCc2ccncc2)c(CN)c1C. The Labute approximate surface area is 119 Å². The normalized spacial score (nSPS) is 10.6. The number of rotatable bonds is 5. The zero-order valence-corrected chi connectivity index (χ0v) is 12.3. The molecule has 0 saturated heterocycles. The predicted molar refractivity (Wildman–Crippen MR) is 80.6 cm³/mol. The zero-order valence-electron chi connectivity index (χ0n) is 12.3. The van der Waals surface area contributed by atoms with E-state index in [1.807, 2.05) is 45.4 Å². The van der Waals surface area contributed by atoms with Crippen LogP contribution in [0, 0.1) is 13.8 Å². The average molecular weight is 271 g/mol. The molecule has 0 fully saturated rings. The summed E-state index contributed by atoms with van der Waals surface area (Å²) in [5, 5.41) is 8.51. The van der Waals surface area contributed by atoms with Gasteiger partial charge in [-0.05, 0) is 43.5 Å². The molecule has 0 unspecified atom stereocenters. The van der Waals surface area contributed by atoms with Crippen molar-refractivity contribution in [3.8, 4) is 0 Å². The zero-order chi connectivity index (χ0) is 14.5. The summed E-state index contributed by atoms with van der Waals surface area (Å²) in [6, 6.07) is 4.06. The van der Waals surface area contributed by atoms with E-state index in [1.165, 1.54) is 5.56 Å². The number of aromatic nitrogens is 3. The lowest BCUT2D eigenvalue weighted by Crippen LogP contribution is -2.25. The van der Waals surface area contributed by atoms with Gasteiger partial charge in [0.15, 0.2) is 5.82 Å². The van der Waals surface area contributed by atoms with E-state index in [-0.39, 0.29) is 0 Å². The van der Waals surface area contributed by atoms with Crippen LogP contribution in [0.15, 0.2) is 24.5 Å². The lowest BCUT2D eigenvalue weighted by molar-refractivity contribution is 0.808. The second-order valence-corrected chi connectivity index (χ2v) is 4.94. The van der Waals surface area contributed by atoms with E-state index >= 15 is 0 Å².